The number of esters is 1. The van der Waals surface area contributed by atoms with Gasteiger partial charge in [-0.2, -0.15) is 5.26 Å². The summed E-state index contributed by atoms with van der Waals surface area (Å²) in [5, 5.41) is 23.1. The number of carbonyl (C=O) groups excluding carboxylic acids is 2. The van der Waals surface area contributed by atoms with Gasteiger partial charge in [-0.1, -0.05) is 12.1 Å². The summed E-state index contributed by atoms with van der Waals surface area (Å²) in [5.41, 5.74) is 2.51. The second-order valence-corrected chi connectivity index (χ2v) is 8.31. The molecule has 0 bridgehead atoms. The summed E-state index contributed by atoms with van der Waals surface area (Å²) in [7, 11) is 0. The van der Waals surface area contributed by atoms with Crippen molar-refractivity contribution in [2.24, 2.45) is 0 Å². The number of nitrogens with one attached hydrogen (secondary N) is 2. The van der Waals surface area contributed by atoms with E-state index in [1.165, 1.54) is 18.3 Å². The van der Waals surface area contributed by atoms with Crippen LogP contribution in [0.4, 0.5) is 5.00 Å². The highest BCUT2D eigenvalue weighted by Gasteiger charge is 2.27. The third-order valence-corrected chi connectivity index (χ3v) is 6.24. The van der Waals surface area contributed by atoms with Crippen LogP contribution in [0.1, 0.15) is 46.4 Å². The SMILES string of the molecule is CC(=O)Nc1sc2c(c1C(=O)OCC(O)=C(C#N)c1nc3ccccc3[nH]1)CCCC2. The number of carbonyl (C=O) groups is 2. The average molecular weight is 436 g/mol. The van der Waals surface area contributed by atoms with E-state index in [9.17, 15) is 20.0 Å². The van der Waals surface area contributed by atoms with E-state index in [0.717, 1.165) is 41.6 Å². The molecule has 4 rings (SSSR count). The van der Waals surface area contributed by atoms with Crippen LogP contribution < -0.4 is 5.32 Å². The van der Waals surface area contributed by atoms with Gasteiger partial charge in [-0.25, -0.2) is 9.78 Å². The molecule has 158 valence electrons. The molecular weight excluding hydrogens is 416 g/mol. The van der Waals surface area contributed by atoms with Gasteiger partial charge < -0.3 is 20.1 Å². The second-order valence-electron chi connectivity index (χ2n) is 7.21. The minimum absolute atomic E-state index is 0.0987. The van der Waals surface area contributed by atoms with Gasteiger partial charge in [0, 0.05) is 11.8 Å². The number of imidazole rings is 1. The molecule has 0 spiro atoms. The first kappa shape index (κ1) is 20.6. The summed E-state index contributed by atoms with van der Waals surface area (Å²) >= 11 is 1.39. The quantitative estimate of drug-likeness (QED) is 0.314. The number of nitriles is 1. The number of hydrogen-bond donors (Lipinski definition) is 3. The molecule has 2 heterocycles. The van der Waals surface area contributed by atoms with Crippen LogP contribution in [0.25, 0.3) is 16.6 Å². The number of anilines is 1. The number of aryl methyl sites for hydroxylation is 1. The highest BCUT2D eigenvalue weighted by molar-refractivity contribution is 7.17. The maximum absolute atomic E-state index is 12.9. The highest BCUT2D eigenvalue weighted by atomic mass is 32.1. The fourth-order valence-electron chi connectivity index (χ4n) is 3.63. The van der Waals surface area contributed by atoms with Gasteiger partial charge in [-0.3, -0.25) is 4.79 Å². The monoisotopic (exact) mass is 436 g/mol. The summed E-state index contributed by atoms with van der Waals surface area (Å²) in [4.78, 5) is 32.8. The third kappa shape index (κ3) is 4.15. The standard InChI is InChI=1S/C22H20N4O4S/c1-12(27)24-21-19(13-6-2-5-9-18(13)31-21)22(29)30-11-17(28)14(10-23)20-25-15-7-3-4-8-16(15)26-20/h3-4,7-8,28H,2,5-6,9,11H2,1H3,(H,24,27)(H,25,26). The first-order valence-electron chi connectivity index (χ1n) is 9.84. The summed E-state index contributed by atoms with van der Waals surface area (Å²) in [6.45, 7) is 0.901. The van der Waals surface area contributed by atoms with Crippen molar-refractivity contribution in [3.8, 4) is 6.07 Å². The molecule has 0 saturated heterocycles. The number of aliphatic hydroxyl groups excluding tert-OH is 1. The van der Waals surface area contributed by atoms with Crippen LogP contribution in [0, 0.1) is 11.3 Å². The Morgan fingerprint density at radius 3 is 2.84 bits per heavy atom. The van der Waals surface area contributed by atoms with Crippen LogP contribution >= 0.6 is 11.3 Å². The van der Waals surface area contributed by atoms with Gasteiger partial charge in [-0.15, -0.1) is 11.3 Å². The molecule has 1 aliphatic carbocycles. The number of allylic oxidation sites excluding steroid dienone is 1. The number of nitrogens with zero attached hydrogens (tertiary/aromatic N) is 2. The molecule has 3 N–H and O–H groups in total. The molecule has 31 heavy (non-hydrogen) atoms. The largest absolute Gasteiger partial charge is 0.507 e. The Kier molecular flexibility index (Phi) is 5.73. The Hall–Kier alpha value is -3.64. The molecule has 1 amide bonds. The van der Waals surface area contributed by atoms with Crippen molar-refractivity contribution in [3.63, 3.8) is 0 Å². The number of aromatic nitrogens is 2. The second kappa shape index (κ2) is 8.62. The van der Waals surface area contributed by atoms with Crippen molar-refractivity contribution in [3.05, 3.63) is 51.9 Å². The number of aromatic amines is 1. The van der Waals surface area contributed by atoms with Crippen molar-refractivity contribution >= 4 is 44.8 Å². The molecule has 0 aliphatic heterocycles. The first-order chi connectivity index (χ1) is 15.0. The van der Waals surface area contributed by atoms with Gasteiger partial charge in [0.15, 0.2) is 11.6 Å². The predicted molar refractivity (Wildman–Crippen MR) is 117 cm³/mol. The van der Waals surface area contributed by atoms with Gasteiger partial charge in [0.25, 0.3) is 0 Å². The van der Waals surface area contributed by atoms with E-state index in [2.05, 4.69) is 15.3 Å². The van der Waals surface area contributed by atoms with Gasteiger partial charge in [0.05, 0.1) is 16.6 Å². The Morgan fingerprint density at radius 1 is 1.32 bits per heavy atom. The fourth-order valence-corrected chi connectivity index (χ4v) is 4.96. The van der Waals surface area contributed by atoms with Gasteiger partial charge in [-0.05, 0) is 43.4 Å². The molecule has 0 saturated carbocycles. The normalized spacial score (nSPS) is 13.8. The number of ether oxygens (including phenoxy) is 1. The van der Waals surface area contributed by atoms with Crippen molar-refractivity contribution in [1.82, 2.24) is 9.97 Å². The number of thiophene rings is 1. The lowest BCUT2D eigenvalue weighted by atomic mass is 9.95. The summed E-state index contributed by atoms with van der Waals surface area (Å²) in [6.07, 6.45) is 3.59. The maximum atomic E-state index is 12.9. The zero-order chi connectivity index (χ0) is 22.0. The number of amides is 1. The van der Waals surface area contributed by atoms with Crippen LogP contribution in [0.3, 0.4) is 0 Å². The van der Waals surface area contributed by atoms with E-state index in [1.807, 2.05) is 18.2 Å². The average Bonchev–Trinajstić information content (AvgIpc) is 3.32. The smallest absolute Gasteiger partial charge is 0.341 e. The topological polar surface area (TPSA) is 128 Å². The number of para-hydroxylation sites is 2. The van der Waals surface area contributed by atoms with E-state index in [4.69, 9.17) is 4.74 Å². The van der Waals surface area contributed by atoms with Crippen molar-refractivity contribution < 1.29 is 19.4 Å². The highest BCUT2D eigenvalue weighted by Crippen LogP contribution is 2.38. The minimum atomic E-state index is -0.642. The van der Waals surface area contributed by atoms with Crippen LogP contribution in [0.5, 0.6) is 0 Å². The van der Waals surface area contributed by atoms with E-state index >= 15 is 0 Å². The molecule has 0 radical (unpaired) electrons. The zero-order valence-corrected chi connectivity index (χ0v) is 17.6. The number of rotatable bonds is 5. The lowest BCUT2D eigenvalue weighted by Gasteiger charge is -2.13. The summed E-state index contributed by atoms with van der Waals surface area (Å²) in [6, 6.07) is 9.15. The van der Waals surface area contributed by atoms with E-state index < -0.39 is 18.3 Å². The van der Waals surface area contributed by atoms with Crippen LogP contribution in [0.2, 0.25) is 0 Å². The van der Waals surface area contributed by atoms with E-state index in [0.29, 0.717) is 16.1 Å². The predicted octanol–water partition coefficient (Wildman–Crippen LogP) is 4.11. The van der Waals surface area contributed by atoms with E-state index in [-0.39, 0.29) is 17.3 Å². The molecule has 0 unspecified atom stereocenters. The molecule has 0 atom stereocenters. The molecule has 9 heteroatoms. The molecule has 1 aliphatic rings. The number of hydrogen-bond acceptors (Lipinski definition) is 7. The molecule has 0 fully saturated rings. The Bertz CT molecular complexity index is 1220. The number of H-pyrrole nitrogens is 1. The molecule has 2 aromatic heterocycles. The van der Waals surface area contributed by atoms with Crippen molar-refractivity contribution in [1.29, 1.82) is 5.26 Å². The molecule has 8 nitrogen and oxygen atoms in total. The zero-order valence-electron chi connectivity index (χ0n) is 16.8. The van der Waals surface area contributed by atoms with Gasteiger partial charge in [0.2, 0.25) is 5.91 Å². The number of fused-ring (bicyclic) bond motifs is 2. The number of aliphatic hydroxyl groups is 1. The van der Waals surface area contributed by atoms with Crippen LogP contribution in [-0.4, -0.2) is 33.6 Å². The summed E-state index contributed by atoms with van der Waals surface area (Å²) in [5.74, 6) is -1.12. The maximum Gasteiger partial charge on any atom is 0.341 e. The van der Waals surface area contributed by atoms with Crippen LogP contribution in [0.15, 0.2) is 30.0 Å². The third-order valence-electron chi connectivity index (χ3n) is 5.03. The Labute approximate surface area is 182 Å². The van der Waals surface area contributed by atoms with Gasteiger partial charge >= 0.3 is 5.97 Å². The van der Waals surface area contributed by atoms with Gasteiger partial charge in [0.1, 0.15) is 23.3 Å². The summed E-state index contributed by atoms with van der Waals surface area (Å²) < 4.78 is 5.33. The molecule has 3 aromatic rings. The lowest BCUT2D eigenvalue weighted by molar-refractivity contribution is -0.114. The lowest BCUT2D eigenvalue weighted by Crippen LogP contribution is -2.15. The Morgan fingerprint density at radius 2 is 2.10 bits per heavy atom. The fraction of sp³-hybridized carbons (Fsp3) is 0.273. The van der Waals surface area contributed by atoms with Crippen molar-refractivity contribution in [2.75, 3.05) is 11.9 Å². The van der Waals surface area contributed by atoms with Crippen molar-refractivity contribution in [2.45, 2.75) is 32.6 Å². The molecular formula is C22H20N4O4S. The van der Waals surface area contributed by atoms with Crippen LogP contribution in [-0.2, 0) is 22.4 Å². The first-order valence-corrected chi connectivity index (χ1v) is 10.7. The molecule has 1 aromatic carbocycles. The minimum Gasteiger partial charge on any atom is -0.507 e. The van der Waals surface area contributed by atoms with E-state index in [1.54, 1.807) is 12.1 Å². The Balaban J connectivity index is 1.58. The number of benzene rings is 1.